The topological polar surface area (TPSA) is 45.2 Å². The Morgan fingerprint density at radius 2 is 1.55 bits per heavy atom. The van der Waals surface area contributed by atoms with Gasteiger partial charge in [0.2, 0.25) is 0 Å². The summed E-state index contributed by atoms with van der Waals surface area (Å²) in [4.78, 5) is 19.4. The highest BCUT2D eigenvalue weighted by atomic mass is 16.1. The first kappa shape index (κ1) is 19.3. The van der Waals surface area contributed by atoms with Gasteiger partial charge in [0.15, 0.2) is 0 Å². The van der Waals surface area contributed by atoms with Crippen molar-refractivity contribution in [3.05, 3.63) is 90.3 Å². The van der Waals surface area contributed by atoms with E-state index in [2.05, 4.69) is 39.5 Å². The molecule has 0 spiro atoms. The van der Waals surface area contributed by atoms with Crippen LogP contribution in [0.4, 0.5) is 0 Å². The lowest BCUT2D eigenvalue weighted by atomic mass is 10.0. The molecule has 1 aliphatic heterocycles. The Hall–Kier alpha value is -2.98. The van der Waals surface area contributed by atoms with Crippen LogP contribution in [0.5, 0.6) is 0 Å². The normalized spacial score (nSPS) is 15.2. The second kappa shape index (κ2) is 9.48. The number of nitrogens with one attached hydrogen (secondary N) is 1. The summed E-state index contributed by atoms with van der Waals surface area (Å²) in [5.41, 5.74) is 4.14. The van der Waals surface area contributed by atoms with Gasteiger partial charge in [-0.1, -0.05) is 42.5 Å². The molecule has 0 aliphatic carbocycles. The summed E-state index contributed by atoms with van der Waals surface area (Å²) in [5, 5.41) is 3.28. The second-order valence-electron chi connectivity index (χ2n) is 7.68. The number of hydrogen-bond acceptors (Lipinski definition) is 3. The molecule has 4 heteroatoms. The summed E-state index contributed by atoms with van der Waals surface area (Å²) in [5.74, 6) is -0.00796. The third-order valence-corrected chi connectivity index (χ3v) is 5.50. The average molecular weight is 386 g/mol. The van der Waals surface area contributed by atoms with Crippen molar-refractivity contribution in [1.82, 2.24) is 15.2 Å². The van der Waals surface area contributed by atoms with Crippen LogP contribution in [0.2, 0.25) is 0 Å². The summed E-state index contributed by atoms with van der Waals surface area (Å²) in [6.07, 6.45) is 6.91. The van der Waals surface area contributed by atoms with E-state index in [0.717, 1.165) is 37.2 Å². The van der Waals surface area contributed by atoms with Crippen LogP contribution in [0.3, 0.4) is 0 Å². The Kier molecular flexibility index (Phi) is 6.32. The molecular formula is C25H27N3O. The zero-order valence-corrected chi connectivity index (χ0v) is 16.6. The molecule has 0 saturated carbocycles. The summed E-state index contributed by atoms with van der Waals surface area (Å²) in [6, 6.07) is 22.3. The lowest BCUT2D eigenvalue weighted by Gasteiger charge is -2.25. The highest BCUT2D eigenvalue weighted by Gasteiger charge is 2.20. The van der Waals surface area contributed by atoms with E-state index in [1.807, 2.05) is 42.5 Å². The first-order valence-corrected chi connectivity index (χ1v) is 10.4. The monoisotopic (exact) mass is 385 g/mol. The first-order valence-electron chi connectivity index (χ1n) is 10.4. The van der Waals surface area contributed by atoms with E-state index < -0.39 is 0 Å². The number of aromatic nitrogens is 1. The molecule has 148 valence electrons. The number of pyridine rings is 1. The molecule has 1 amide bonds. The Balaban J connectivity index is 1.45. The molecule has 4 rings (SSSR count). The maximum atomic E-state index is 12.9. The smallest absolute Gasteiger partial charge is 0.251 e. The van der Waals surface area contributed by atoms with Crippen molar-refractivity contribution in [2.45, 2.75) is 25.3 Å². The van der Waals surface area contributed by atoms with Crippen molar-refractivity contribution in [2.24, 2.45) is 0 Å². The van der Waals surface area contributed by atoms with Gasteiger partial charge >= 0.3 is 0 Å². The molecule has 1 atom stereocenters. The van der Waals surface area contributed by atoms with Gasteiger partial charge in [0.05, 0.1) is 0 Å². The van der Waals surface area contributed by atoms with Crippen LogP contribution in [0.25, 0.3) is 11.1 Å². The molecule has 2 heterocycles. The van der Waals surface area contributed by atoms with E-state index >= 15 is 0 Å². The van der Waals surface area contributed by atoms with E-state index in [0.29, 0.717) is 5.56 Å². The van der Waals surface area contributed by atoms with Crippen LogP contribution >= 0.6 is 0 Å². The zero-order valence-electron chi connectivity index (χ0n) is 16.6. The summed E-state index contributed by atoms with van der Waals surface area (Å²) in [6.45, 7) is 3.15. The SMILES string of the molecule is O=C(N[C@@H](Cc1ccccc1)CN1CCCC1)c1ccc(-c2ccncc2)cc1. The van der Waals surface area contributed by atoms with Gasteiger partial charge < -0.3 is 10.2 Å². The van der Waals surface area contributed by atoms with Crippen LogP contribution in [-0.2, 0) is 6.42 Å². The summed E-state index contributed by atoms with van der Waals surface area (Å²) < 4.78 is 0. The quantitative estimate of drug-likeness (QED) is 0.663. The Morgan fingerprint density at radius 1 is 0.897 bits per heavy atom. The van der Waals surface area contributed by atoms with Crippen molar-refractivity contribution in [3.8, 4) is 11.1 Å². The van der Waals surface area contributed by atoms with Crippen LogP contribution in [0.15, 0.2) is 79.1 Å². The van der Waals surface area contributed by atoms with Gasteiger partial charge in [-0.25, -0.2) is 0 Å². The molecule has 0 unspecified atom stereocenters. The number of likely N-dealkylation sites (tertiary alicyclic amines) is 1. The number of amides is 1. The number of carbonyl (C=O) groups excluding carboxylic acids is 1. The molecule has 2 aromatic carbocycles. The molecule has 1 N–H and O–H groups in total. The van der Waals surface area contributed by atoms with Crippen LogP contribution in [0.1, 0.15) is 28.8 Å². The van der Waals surface area contributed by atoms with Gasteiger partial charge in [0.1, 0.15) is 0 Å². The lowest BCUT2D eigenvalue weighted by Crippen LogP contribution is -2.44. The summed E-state index contributed by atoms with van der Waals surface area (Å²) >= 11 is 0. The number of hydrogen-bond donors (Lipinski definition) is 1. The molecular weight excluding hydrogens is 358 g/mol. The average Bonchev–Trinajstić information content (AvgIpc) is 3.28. The molecule has 3 aromatic rings. The highest BCUT2D eigenvalue weighted by Crippen LogP contribution is 2.19. The predicted octanol–water partition coefficient (Wildman–Crippen LogP) is 4.19. The van der Waals surface area contributed by atoms with Gasteiger partial charge in [0, 0.05) is 30.5 Å². The van der Waals surface area contributed by atoms with Crippen molar-refractivity contribution >= 4 is 5.91 Å². The Bertz CT molecular complexity index is 904. The Morgan fingerprint density at radius 3 is 2.24 bits per heavy atom. The Labute approximate surface area is 172 Å². The van der Waals surface area contributed by atoms with Crippen LogP contribution < -0.4 is 5.32 Å². The van der Waals surface area contributed by atoms with E-state index in [-0.39, 0.29) is 11.9 Å². The van der Waals surface area contributed by atoms with Crippen molar-refractivity contribution in [2.75, 3.05) is 19.6 Å². The first-order chi connectivity index (χ1) is 14.3. The molecule has 1 aromatic heterocycles. The third kappa shape index (κ3) is 5.30. The van der Waals surface area contributed by atoms with E-state index in [1.54, 1.807) is 12.4 Å². The number of carbonyl (C=O) groups is 1. The zero-order chi connectivity index (χ0) is 19.9. The fourth-order valence-corrected chi connectivity index (χ4v) is 3.96. The van der Waals surface area contributed by atoms with Gasteiger partial charge in [0.25, 0.3) is 5.91 Å². The molecule has 1 saturated heterocycles. The van der Waals surface area contributed by atoms with Crippen molar-refractivity contribution in [3.63, 3.8) is 0 Å². The minimum atomic E-state index is -0.00796. The van der Waals surface area contributed by atoms with Crippen molar-refractivity contribution in [1.29, 1.82) is 0 Å². The standard InChI is InChI=1S/C25H27N3O/c29-25(23-10-8-21(9-11-23)22-12-14-26-15-13-22)27-24(19-28-16-4-5-17-28)18-20-6-2-1-3-7-20/h1-3,6-15,24H,4-5,16-19H2,(H,27,29)/t24-/m0/s1. The van der Waals surface area contributed by atoms with Gasteiger partial charge in [-0.05, 0) is 73.3 Å². The molecule has 1 fully saturated rings. The van der Waals surface area contributed by atoms with Crippen LogP contribution in [0, 0.1) is 0 Å². The maximum Gasteiger partial charge on any atom is 0.251 e. The largest absolute Gasteiger partial charge is 0.348 e. The molecule has 1 aliphatic rings. The van der Waals surface area contributed by atoms with Crippen molar-refractivity contribution < 1.29 is 4.79 Å². The molecule has 0 bridgehead atoms. The second-order valence-corrected chi connectivity index (χ2v) is 7.68. The summed E-state index contributed by atoms with van der Waals surface area (Å²) in [7, 11) is 0. The van der Waals surface area contributed by atoms with Gasteiger partial charge in [-0.15, -0.1) is 0 Å². The minimum Gasteiger partial charge on any atom is -0.348 e. The number of nitrogens with zero attached hydrogens (tertiary/aromatic N) is 2. The fraction of sp³-hybridized carbons (Fsp3) is 0.280. The third-order valence-electron chi connectivity index (χ3n) is 5.50. The van der Waals surface area contributed by atoms with E-state index in [1.165, 1.54) is 18.4 Å². The fourth-order valence-electron chi connectivity index (χ4n) is 3.96. The maximum absolute atomic E-state index is 12.9. The van der Waals surface area contributed by atoms with Gasteiger partial charge in [-0.3, -0.25) is 9.78 Å². The van der Waals surface area contributed by atoms with E-state index in [4.69, 9.17) is 0 Å². The molecule has 0 radical (unpaired) electrons. The number of benzene rings is 2. The molecule has 29 heavy (non-hydrogen) atoms. The lowest BCUT2D eigenvalue weighted by molar-refractivity contribution is 0.0927. The number of rotatable bonds is 7. The molecule has 4 nitrogen and oxygen atoms in total. The predicted molar refractivity (Wildman–Crippen MR) is 117 cm³/mol. The van der Waals surface area contributed by atoms with E-state index in [9.17, 15) is 4.79 Å². The highest BCUT2D eigenvalue weighted by molar-refractivity contribution is 5.94. The van der Waals surface area contributed by atoms with Crippen LogP contribution in [-0.4, -0.2) is 41.5 Å². The van der Waals surface area contributed by atoms with Gasteiger partial charge in [-0.2, -0.15) is 0 Å². The minimum absolute atomic E-state index is 0.00796.